The molecule has 3 aromatic carbocycles. The predicted molar refractivity (Wildman–Crippen MR) is 154 cm³/mol. The van der Waals surface area contributed by atoms with E-state index < -0.39 is 40.2 Å². The van der Waals surface area contributed by atoms with E-state index in [0.717, 1.165) is 41.6 Å². The molecule has 0 aliphatic heterocycles. The molecule has 0 saturated heterocycles. The van der Waals surface area contributed by atoms with Crippen LogP contribution in [0.5, 0.6) is 0 Å². The third-order valence-corrected chi connectivity index (χ3v) is 9.14. The number of anilines is 1. The van der Waals surface area contributed by atoms with Gasteiger partial charge in [-0.1, -0.05) is 61.7 Å². The van der Waals surface area contributed by atoms with Crippen molar-refractivity contribution in [1.29, 1.82) is 0 Å². The summed E-state index contributed by atoms with van der Waals surface area (Å²) in [7, 11) is -4.38. The average molecular weight is 584 g/mol. The zero-order valence-electron chi connectivity index (χ0n) is 23.2. The maximum absolute atomic E-state index is 15.0. The Labute approximate surface area is 240 Å². The van der Waals surface area contributed by atoms with E-state index in [0.29, 0.717) is 5.56 Å². The number of carbonyl (C=O) groups excluding carboxylic acids is 2. The Hall–Kier alpha value is -3.79. The molecule has 0 unspecified atom stereocenters. The normalized spacial score (nSPS) is 14.4. The highest BCUT2D eigenvalue weighted by Gasteiger charge is 2.35. The van der Waals surface area contributed by atoms with Gasteiger partial charge in [-0.3, -0.25) is 13.9 Å². The summed E-state index contributed by atoms with van der Waals surface area (Å²) in [5.74, 6) is -2.30. The summed E-state index contributed by atoms with van der Waals surface area (Å²) < 4.78 is 57.0. The molecule has 0 aromatic heterocycles. The second kappa shape index (κ2) is 13.2. The topological polar surface area (TPSA) is 86.8 Å². The van der Waals surface area contributed by atoms with Crippen molar-refractivity contribution < 1.29 is 26.8 Å². The molecular formula is C31H35F2N3O4S. The fourth-order valence-electron chi connectivity index (χ4n) is 5.08. The Morgan fingerprint density at radius 2 is 1.59 bits per heavy atom. The molecule has 2 amide bonds. The van der Waals surface area contributed by atoms with Gasteiger partial charge in [0.2, 0.25) is 11.8 Å². The first kappa shape index (κ1) is 30.2. The second-order valence-corrected chi connectivity index (χ2v) is 12.2. The highest BCUT2D eigenvalue weighted by Crippen LogP contribution is 2.27. The Kier molecular flexibility index (Phi) is 9.75. The molecule has 1 aliphatic carbocycles. The first-order chi connectivity index (χ1) is 19.6. The molecule has 1 aliphatic rings. The summed E-state index contributed by atoms with van der Waals surface area (Å²) >= 11 is 0. The van der Waals surface area contributed by atoms with Crippen LogP contribution in [-0.4, -0.2) is 43.8 Å². The highest BCUT2D eigenvalue weighted by molar-refractivity contribution is 7.92. The standard InChI is InChI=1S/C31H35F2N3O4S/c1-3-28(31(38)34-25-8-4-5-9-25)35(20-23-14-16-24(32)17-15-23)30(37)21-36(29-11-7-6-10-27(29)33)41(39,40)26-18-12-22(2)13-19-26/h6-7,10-19,25,28H,3-5,8-9,20-21H2,1-2H3,(H,34,38)/t28-/m1/s1. The fraction of sp³-hybridized carbons (Fsp3) is 0.355. The number of hydrogen-bond donors (Lipinski definition) is 1. The summed E-state index contributed by atoms with van der Waals surface area (Å²) in [4.78, 5) is 28.7. The van der Waals surface area contributed by atoms with E-state index in [2.05, 4.69) is 5.32 Å². The minimum absolute atomic E-state index is 0.0103. The number of hydrogen-bond acceptors (Lipinski definition) is 4. The smallest absolute Gasteiger partial charge is 0.264 e. The molecule has 4 rings (SSSR count). The van der Waals surface area contributed by atoms with Crippen LogP contribution in [0.2, 0.25) is 0 Å². The van der Waals surface area contributed by atoms with Crippen molar-refractivity contribution in [1.82, 2.24) is 10.2 Å². The Bertz CT molecular complexity index is 1460. The Morgan fingerprint density at radius 3 is 2.20 bits per heavy atom. The number of sulfonamides is 1. The van der Waals surface area contributed by atoms with Gasteiger partial charge >= 0.3 is 0 Å². The molecular weight excluding hydrogens is 548 g/mol. The molecule has 0 radical (unpaired) electrons. The number of halogens is 2. The van der Waals surface area contributed by atoms with Crippen LogP contribution in [0.4, 0.5) is 14.5 Å². The SMILES string of the molecule is CC[C@H](C(=O)NC1CCCC1)N(Cc1ccc(F)cc1)C(=O)CN(c1ccccc1F)S(=O)(=O)c1ccc(C)cc1. The average Bonchev–Trinajstić information content (AvgIpc) is 3.46. The third kappa shape index (κ3) is 7.30. The number of aryl methyl sites for hydroxylation is 1. The molecule has 3 aromatic rings. The van der Waals surface area contributed by atoms with Gasteiger partial charge in [-0.15, -0.1) is 0 Å². The minimum Gasteiger partial charge on any atom is -0.352 e. The fourth-order valence-corrected chi connectivity index (χ4v) is 6.50. The first-order valence-electron chi connectivity index (χ1n) is 13.8. The largest absolute Gasteiger partial charge is 0.352 e. The van der Waals surface area contributed by atoms with Gasteiger partial charge in [0.05, 0.1) is 10.6 Å². The van der Waals surface area contributed by atoms with Crippen LogP contribution < -0.4 is 9.62 Å². The van der Waals surface area contributed by atoms with Crippen LogP contribution in [0.15, 0.2) is 77.7 Å². The summed E-state index contributed by atoms with van der Waals surface area (Å²) in [6, 6.07) is 16.0. The first-order valence-corrected chi connectivity index (χ1v) is 15.2. The van der Waals surface area contributed by atoms with Crippen molar-refractivity contribution in [2.75, 3.05) is 10.8 Å². The van der Waals surface area contributed by atoms with Crippen LogP contribution in [0.3, 0.4) is 0 Å². The number of para-hydroxylation sites is 1. The lowest BCUT2D eigenvalue weighted by Crippen LogP contribution is -2.53. The summed E-state index contributed by atoms with van der Waals surface area (Å²) in [5.41, 5.74) is 1.11. The van der Waals surface area contributed by atoms with Gasteiger partial charge in [0, 0.05) is 12.6 Å². The molecule has 1 atom stereocenters. The van der Waals surface area contributed by atoms with Crippen LogP contribution in [0.1, 0.15) is 50.2 Å². The lowest BCUT2D eigenvalue weighted by Gasteiger charge is -2.33. The van der Waals surface area contributed by atoms with E-state index in [-0.39, 0.29) is 35.5 Å². The molecule has 41 heavy (non-hydrogen) atoms. The van der Waals surface area contributed by atoms with Gasteiger partial charge in [0.25, 0.3) is 10.0 Å². The number of rotatable bonds is 11. The van der Waals surface area contributed by atoms with Gasteiger partial charge in [-0.2, -0.15) is 0 Å². The maximum atomic E-state index is 15.0. The van der Waals surface area contributed by atoms with Crippen molar-refractivity contribution in [2.24, 2.45) is 0 Å². The molecule has 1 fully saturated rings. The lowest BCUT2D eigenvalue weighted by molar-refractivity contribution is -0.140. The highest BCUT2D eigenvalue weighted by atomic mass is 32.2. The summed E-state index contributed by atoms with van der Waals surface area (Å²) in [6.45, 7) is 2.77. The van der Waals surface area contributed by atoms with Gasteiger partial charge in [-0.05, 0) is 68.1 Å². The van der Waals surface area contributed by atoms with Crippen molar-refractivity contribution in [2.45, 2.75) is 69.5 Å². The van der Waals surface area contributed by atoms with Crippen molar-refractivity contribution in [3.63, 3.8) is 0 Å². The van der Waals surface area contributed by atoms with Crippen LogP contribution in [0, 0.1) is 18.6 Å². The zero-order valence-corrected chi connectivity index (χ0v) is 24.0. The number of amides is 2. The lowest BCUT2D eigenvalue weighted by atomic mass is 10.1. The van der Waals surface area contributed by atoms with E-state index in [1.54, 1.807) is 19.1 Å². The molecule has 0 bridgehead atoms. The number of benzene rings is 3. The van der Waals surface area contributed by atoms with Gasteiger partial charge in [0.1, 0.15) is 24.2 Å². The van der Waals surface area contributed by atoms with E-state index in [1.807, 2.05) is 6.92 Å². The second-order valence-electron chi connectivity index (χ2n) is 10.3. The van der Waals surface area contributed by atoms with E-state index >= 15 is 4.39 Å². The maximum Gasteiger partial charge on any atom is 0.264 e. The number of nitrogens with one attached hydrogen (secondary N) is 1. The number of nitrogens with zero attached hydrogens (tertiary/aromatic N) is 2. The summed E-state index contributed by atoms with van der Waals surface area (Å²) in [6.07, 6.45) is 3.98. The minimum atomic E-state index is -4.38. The van der Waals surface area contributed by atoms with E-state index in [4.69, 9.17) is 0 Å². The van der Waals surface area contributed by atoms with Crippen LogP contribution >= 0.6 is 0 Å². The molecule has 10 heteroatoms. The predicted octanol–water partition coefficient (Wildman–Crippen LogP) is 5.33. The Balaban J connectivity index is 1.72. The summed E-state index contributed by atoms with van der Waals surface area (Å²) in [5, 5.41) is 3.03. The quantitative estimate of drug-likeness (QED) is 0.331. The number of carbonyl (C=O) groups is 2. The van der Waals surface area contributed by atoms with Crippen LogP contribution in [0.25, 0.3) is 0 Å². The third-order valence-electron chi connectivity index (χ3n) is 7.36. The molecule has 1 saturated carbocycles. The Morgan fingerprint density at radius 1 is 0.951 bits per heavy atom. The zero-order chi connectivity index (χ0) is 29.6. The van der Waals surface area contributed by atoms with E-state index in [9.17, 15) is 22.4 Å². The van der Waals surface area contributed by atoms with Crippen LogP contribution in [-0.2, 0) is 26.2 Å². The van der Waals surface area contributed by atoms with Crippen molar-refractivity contribution >= 4 is 27.5 Å². The molecule has 7 nitrogen and oxygen atoms in total. The molecule has 0 spiro atoms. The van der Waals surface area contributed by atoms with Gasteiger partial charge in [-0.25, -0.2) is 17.2 Å². The van der Waals surface area contributed by atoms with Gasteiger partial charge < -0.3 is 10.2 Å². The van der Waals surface area contributed by atoms with Crippen molar-refractivity contribution in [3.8, 4) is 0 Å². The molecule has 218 valence electrons. The van der Waals surface area contributed by atoms with Crippen molar-refractivity contribution in [3.05, 3.63) is 95.6 Å². The molecule has 1 N–H and O–H groups in total. The monoisotopic (exact) mass is 583 g/mol. The van der Waals surface area contributed by atoms with E-state index in [1.165, 1.54) is 59.5 Å². The molecule has 0 heterocycles. The van der Waals surface area contributed by atoms with Gasteiger partial charge in [0.15, 0.2) is 0 Å².